The lowest BCUT2D eigenvalue weighted by atomic mass is 10.1. The number of rotatable bonds is 7. The maximum absolute atomic E-state index is 11.7. The number of unbranched alkanes of at least 4 members (excludes halogenated alkanes) is 5. The maximum atomic E-state index is 11.7. The minimum Gasteiger partial charge on any atom is -0.167 e. The van der Waals surface area contributed by atoms with Crippen molar-refractivity contribution < 1.29 is 13.2 Å². The van der Waals surface area contributed by atoms with E-state index in [9.17, 15) is 13.2 Å². The molecular formula is C9H17F3P. The Hall–Kier alpha value is 0.220. The molecule has 0 aromatic rings. The Labute approximate surface area is 80.1 Å². The maximum Gasteiger partial charge on any atom is 0.409 e. The van der Waals surface area contributed by atoms with E-state index in [-0.39, 0.29) is 14.7 Å². The fourth-order valence-corrected chi connectivity index (χ4v) is 1.73. The Balaban J connectivity index is 3.00. The highest BCUT2D eigenvalue weighted by atomic mass is 31.1. The van der Waals surface area contributed by atoms with Gasteiger partial charge in [0, 0.05) is 8.58 Å². The molecule has 1 radical (unpaired) electrons. The van der Waals surface area contributed by atoms with Gasteiger partial charge in [-0.15, -0.1) is 0 Å². The van der Waals surface area contributed by atoms with Gasteiger partial charge in [-0.25, -0.2) is 0 Å². The van der Waals surface area contributed by atoms with E-state index in [1.165, 1.54) is 19.3 Å². The van der Waals surface area contributed by atoms with Crippen LogP contribution >= 0.6 is 8.58 Å². The van der Waals surface area contributed by atoms with Crippen LogP contribution in [0.15, 0.2) is 0 Å². The first-order valence-corrected chi connectivity index (χ1v) is 5.89. The van der Waals surface area contributed by atoms with Crippen LogP contribution in [-0.2, 0) is 0 Å². The van der Waals surface area contributed by atoms with E-state index in [0.717, 1.165) is 12.8 Å². The summed E-state index contributed by atoms with van der Waals surface area (Å²) in [7, 11) is -0.374. The number of hydrogen-bond acceptors (Lipinski definition) is 0. The molecule has 0 aliphatic carbocycles. The third-order valence-electron chi connectivity index (χ3n) is 1.80. The Morgan fingerprint density at radius 1 is 0.923 bits per heavy atom. The summed E-state index contributed by atoms with van der Waals surface area (Å²) in [4.78, 5) is 0. The topological polar surface area (TPSA) is 0 Å². The van der Waals surface area contributed by atoms with Crippen LogP contribution < -0.4 is 0 Å². The lowest BCUT2D eigenvalue weighted by Gasteiger charge is -2.04. The third kappa shape index (κ3) is 12.2. The van der Waals surface area contributed by atoms with E-state index in [2.05, 4.69) is 6.92 Å². The molecular weight excluding hydrogens is 196 g/mol. The average molecular weight is 213 g/mol. The van der Waals surface area contributed by atoms with Gasteiger partial charge in [0.05, 0.1) is 0 Å². The first kappa shape index (κ1) is 13.2. The summed E-state index contributed by atoms with van der Waals surface area (Å²) >= 11 is 0. The molecule has 79 valence electrons. The van der Waals surface area contributed by atoms with Crippen LogP contribution in [-0.4, -0.2) is 12.1 Å². The van der Waals surface area contributed by atoms with Crippen molar-refractivity contribution >= 4 is 8.58 Å². The minimum atomic E-state index is -3.98. The summed E-state index contributed by atoms with van der Waals surface area (Å²) in [5.74, 6) is -3.98. The predicted molar refractivity (Wildman–Crippen MR) is 51.2 cm³/mol. The van der Waals surface area contributed by atoms with Crippen LogP contribution in [0.4, 0.5) is 13.2 Å². The van der Waals surface area contributed by atoms with E-state index >= 15 is 0 Å². The van der Waals surface area contributed by atoms with Crippen LogP contribution in [0.1, 0.15) is 45.4 Å². The second-order valence-electron chi connectivity index (χ2n) is 3.12. The lowest BCUT2D eigenvalue weighted by molar-refractivity contribution is -0.0371. The van der Waals surface area contributed by atoms with E-state index in [1.807, 2.05) is 0 Å². The summed E-state index contributed by atoms with van der Waals surface area (Å²) in [6.07, 6.45) is 6.57. The van der Waals surface area contributed by atoms with Crippen molar-refractivity contribution in [2.75, 3.05) is 6.16 Å². The van der Waals surface area contributed by atoms with Gasteiger partial charge in [-0.3, -0.25) is 0 Å². The average Bonchev–Trinajstić information content (AvgIpc) is 2.01. The Kier molecular flexibility index (Phi) is 7.74. The van der Waals surface area contributed by atoms with E-state index in [0.29, 0.717) is 6.42 Å². The molecule has 0 spiro atoms. The van der Waals surface area contributed by atoms with Crippen LogP contribution in [0.25, 0.3) is 0 Å². The van der Waals surface area contributed by atoms with E-state index in [4.69, 9.17) is 0 Å². The highest BCUT2D eigenvalue weighted by Crippen LogP contribution is 2.36. The summed E-state index contributed by atoms with van der Waals surface area (Å²) < 4.78 is 35.0. The molecule has 0 aliphatic heterocycles. The first-order valence-electron chi connectivity index (χ1n) is 4.81. The number of halogens is 3. The van der Waals surface area contributed by atoms with Crippen molar-refractivity contribution in [3.8, 4) is 0 Å². The molecule has 0 rings (SSSR count). The van der Waals surface area contributed by atoms with Gasteiger partial charge in [-0.1, -0.05) is 39.0 Å². The van der Waals surface area contributed by atoms with E-state index < -0.39 is 5.92 Å². The van der Waals surface area contributed by atoms with Gasteiger partial charge in [0.15, 0.2) is 0 Å². The highest BCUT2D eigenvalue weighted by molar-refractivity contribution is 7.39. The Bertz CT molecular complexity index is 112. The van der Waals surface area contributed by atoms with Crippen LogP contribution in [0, 0.1) is 0 Å². The lowest BCUT2D eigenvalue weighted by Crippen LogP contribution is -1.98. The summed E-state index contributed by atoms with van der Waals surface area (Å²) in [6, 6.07) is 0. The molecule has 13 heavy (non-hydrogen) atoms. The van der Waals surface area contributed by atoms with Crippen molar-refractivity contribution in [3.05, 3.63) is 0 Å². The molecule has 0 amide bonds. The zero-order valence-electron chi connectivity index (χ0n) is 8.03. The molecule has 0 saturated carbocycles. The molecule has 0 aromatic carbocycles. The van der Waals surface area contributed by atoms with Gasteiger partial charge in [-0.05, 0) is 12.6 Å². The zero-order chi connectivity index (χ0) is 10.2. The molecule has 0 nitrogen and oxygen atoms in total. The SMILES string of the molecule is CCCCCCCC[P]C(F)(F)F. The fourth-order valence-electron chi connectivity index (χ4n) is 1.10. The predicted octanol–water partition coefficient (Wildman–Crippen LogP) is 4.81. The first-order chi connectivity index (χ1) is 6.06. The summed E-state index contributed by atoms with van der Waals surface area (Å²) in [6.45, 7) is 2.13. The summed E-state index contributed by atoms with van der Waals surface area (Å²) in [5.41, 5.74) is 0. The Morgan fingerprint density at radius 3 is 2.00 bits per heavy atom. The molecule has 4 heteroatoms. The molecule has 0 fully saturated rings. The molecule has 0 unspecified atom stereocenters. The third-order valence-corrected chi connectivity index (χ3v) is 2.70. The zero-order valence-corrected chi connectivity index (χ0v) is 8.93. The number of hydrogen-bond donors (Lipinski definition) is 0. The van der Waals surface area contributed by atoms with Crippen molar-refractivity contribution in [3.63, 3.8) is 0 Å². The van der Waals surface area contributed by atoms with Gasteiger partial charge in [0.2, 0.25) is 0 Å². The molecule has 0 atom stereocenters. The molecule has 0 aliphatic rings. The van der Waals surface area contributed by atoms with Gasteiger partial charge >= 0.3 is 5.92 Å². The van der Waals surface area contributed by atoms with Gasteiger partial charge in [-0.2, -0.15) is 13.2 Å². The second-order valence-corrected chi connectivity index (χ2v) is 4.39. The van der Waals surface area contributed by atoms with Crippen LogP contribution in [0.3, 0.4) is 0 Å². The monoisotopic (exact) mass is 213 g/mol. The molecule has 0 aromatic heterocycles. The van der Waals surface area contributed by atoms with Crippen molar-refractivity contribution in [1.29, 1.82) is 0 Å². The molecule has 0 heterocycles. The van der Waals surface area contributed by atoms with E-state index in [1.54, 1.807) is 0 Å². The molecule has 0 N–H and O–H groups in total. The van der Waals surface area contributed by atoms with Gasteiger partial charge in [0.25, 0.3) is 0 Å². The summed E-state index contributed by atoms with van der Waals surface area (Å²) in [5, 5.41) is 0. The number of alkyl halides is 3. The normalized spacial score (nSPS) is 12.9. The molecule has 0 bridgehead atoms. The quantitative estimate of drug-likeness (QED) is 0.420. The van der Waals surface area contributed by atoms with Gasteiger partial charge in [0.1, 0.15) is 0 Å². The fraction of sp³-hybridized carbons (Fsp3) is 1.00. The smallest absolute Gasteiger partial charge is 0.167 e. The Morgan fingerprint density at radius 2 is 1.46 bits per heavy atom. The van der Waals surface area contributed by atoms with Crippen molar-refractivity contribution in [2.45, 2.75) is 51.4 Å². The molecule has 0 saturated heterocycles. The highest BCUT2D eigenvalue weighted by Gasteiger charge is 2.26. The standard InChI is InChI=1S/C9H17F3P/c1-2-3-4-5-6-7-8-13-9(10,11)12/h2-8H2,1H3. The van der Waals surface area contributed by atoms with Crippen molar-refractivity contribution in [2.24, 2.45) is 0 Å². The van der Waals surface area contributed by atoms with Gasteiger partial charge < -0.3 is 0 Å². The van der Waals surface area contributed by atoms with Crippen LogP contribution in [0.5, 0.6) is 0 Å². The van der Waals surface area contributed by atoms with Crippen LogP contribution in [0.2, 0.25) is 0 Å². The second kappa shape index (κ2) is 7.61. The minimum absolute atomic E-state index is 0.273. The largest absolute Gasteiger partial charge is 0.409 e. The van der Waals surface area contributed by atoms with Crippen molar-refractivity contribution in [1.82, 2.24) is 0 Å².